The number of thioether (sulfide) groups is 1. The van der Waals surface area contributed by atoms with Crippen LogP contribution in [0.2, 0.25) is 0 Å². The van der Waals surface area contributed by atoms with Crippen molar-refractivity contribution < 1.29 is 38.2 Å². The number of benzene rings is 1. The fourth-order valence-corrected chi connectivity index (χ4v) is 6.64. The van der Waals surface area contributed by atoms with E-state index in [1.165, 1.54) is 30.5 Å². The van der Waals surface area contributed by atoms with Gasteiger partial charge in [0.15, 0.2) is 17.3 Å². The number of ketones is 1. The van der Waals surface area contributed by atoms with Crippen LogP contribution >= 0.6 is 45.9 Å². The van der Waals surface area contributed by atoms with Crippen LogP contribution in [0, 0.1) is 12.8 Å². The Hall–Kier alpha value is -3.31. The lowest BCUT2D eigenvalue weighted by Gasteiger charge is -2.49. The number of esters is 2. The normalized spacial score (nSPS) is 18.5. The van der Waals surface area contributed by atoms with Crippen LogP contribution in [0.4, 0.5) is 0 Å². The number of hydrogen-bond donors (Lipinski definition) is 0. The van der Waals surface area contributed by atoms with Crippen LogP contribution in [0.15, 0.2) is 52.8 Å². The van der Waals surface area contributed by atoms with E-state index < -0.39 is 40.2 Å². The van der Waals surface area contributed by atoms with Crippen molar-refractivity contribution >= 4 is 75.2 Å². The Kier molecular flexibility index (Phi) is 11.9. The highest BCUT2D eigenvalue weighted by Gasteiger charge is 2.54. The molecular formula is C32H37IN4O8S2. The van der Waals surface area contributed by atoms with Gasteiger partial charge in [-0.05, 0) is 76.3 Å². The van der Waals surface area contributed by atoms with Crippen molar-refractivity contribution in [2.45, 2.75) is 71.1 Å². The second-order valence-corrected chi connectivity index (χ2v) is 15.1. The molecule has 3 heterocycles. The van der Waals surface area contributed by atoms with E-state index in [4.69, 9.17) is 19.0 Å². The molecule has 0 spiro atoms. The number of amides is 1. The first-order chi connectivity index (χ1) is 22.1. The van der Waals surface area contributed by atoms with E-state index in [1.807, 2.05) is 12.2 Å². The highest BCUT2D eigenvalue weighted by atomic mass is 127. The van der Waals surface area contributed by atoms with Crippen LogP contribution in [-0.4, -0.2) is 77.5 Å². The molecule has 15 heteroatoms. The molecule has 47 heavy (non-hydrogen) atoms. The third-order valence-electron chi connectivity index (χ3n) is 6.90. The van der Waals surface area contributed by atoms with Gasteiger partial charge in [-0.15, -0.1) is 11.8 Å². The topological polar surface area (TPSA) is 147 Å². The van der Waals surface area contributed by atoms with Gasteiger partial charge >= 0.3 is 11.9 Å². The first-order valence-corrected chi connectivity index (χ1v) is 18.0. The number of nitrogens with zero attached hydrogens (tertiary/aromatic N) is 4. The van der Waals surface area contributed by atoms with Gasteiger partial charge in [-0.1, -0.05) is 52.0 Å². The minimum atomic E-state index is -1.53. The van der Waals surface area contributed by atoms with Crippen LogP contribution in [0.5, 0.6) is 5.75 Å². The average Bonchev–Trinajstić information content (AvgIpc) is 3.45. The number of halogens is 1. The molecule has 1 fully saturated rings. The van der Waals surface area contributed by atoms with Gasteiger partial charge in [0, 0.05) is 16.6 Å². The minimum Gasteiger partial charge on any atom is -0.497 e. The monoisotopic (exact) mass is 796 g/mol. The van der Waals surface area contributed by atoms with E-state index in [0.717, 1.165) is 17.1 Å². The zero-order valence-electron chi connectivity index (χ0n) is 27.2. The lowest BCUT2D eigenvalue weighted by molar-refractivity contribution is -0.179. The van der Waals surface area contributed by atoms with Gasteiger partial charge in [0.25, 0.3) is 0 Å². The van der Waals surface area contributed by atoms with Crippen molar-refractivity contribution in [3.8, 4) is 5.75 Å². The van der Waals surface area contributed by atoms with Gasteiger partial charge in [0.05, 0.1) is 18.4 Å². The highest BCUT2D eigenvalue weighted by molar-refractivity contribution is 14.1. The standard InChI is InChI=1S/C32H37IN4O8S2/c1-18-34-26(36-47-18)24(35-45-32(5,6)30(41)44-31(2,3)4)23(38)15-22-27(39)37-25(20(9-8-14-33)17-46-28(22)37)29(40)43-16-19-10-12-21(42-7)13-11-19/h8-13,22,28H,14-17H2,1-7H3/b9-8+,35-24+/t22-,28?/m1/s1. The number of hydrogen-bond acceptors (Lipinski definition) is 13. The van der Waals surface area contributed by atoms with Gasteiger partial charge in [0.1, 0.15) is 28.7 Å². The van der Waals surface area contributed by atoms with Gasteiger partial charge in [0.2, 0.25) is 11.5 Å². The molecule has 0 aliphatic carbocycles. The number of carbonyl (C=O) groups excluding carboxylic acids is 4. The fraction of sp³-hybridized carbons (Fsp3) is 0.469. The molecule has 0 bridgehead atoms. The number of ether oxygens (including phenoxy) is 3. The quantitative estimate of drug-likeness (QED) is 0.0661. The van der Waals surface area contributed by atoms with Crippen molar-refractivity contribution in [1.29, 1.82) is 0 Å². The molecule has 1 aromatic heterocycles. The van der Waals surface area contributed by atoms with Crippen molar-refractivity contribution in [3.63, 3.8) is 0 Å². The molecular weight excluding hydrogens is 759 g/mol. The fourth-order valence-electron chi connectivity index (χ4n) is 4.53. The third kappa shape index (κ3) is 8.99. The molecule has 1 amide bonds. The summed E-state index contributed by atoms with van der Waals surface area (Å²) in [6.07, 6.45) is 3.51. The molecule has 0 saturated carbocycles. The number of alkyl halides is 1. The van der Waals surface area contributed by atoms with Crippen LogP contribution in [-0.2, 0) is 40.1 Å². The predicted molar refractivity (Wildman–Crippen MR) is 186 cm³/mol. The minimum absolute atomic E-state index is 0.0108. The summed E-state index contributed by atoms with van der Waals surface area (Å²) in [6, 6.07) is 7.13. The second kappa shape index (κ2) is 15.3. The molecule has 1 saturated heterocycles. The van der Waals surface area contributed by atoms with Crippen molar-refractivity contribution in [2.75, 3.05) is 17.3 Å². The average molecular weight is 797 g/mol. The Morgan fingerprint density at radius 2 is 1.85 bits per heavy atom. The largest absolute Gasteiger partial charge is 0.497 e. The molecule has 1 aromatic carbocycles. The van der Waals surface area contributed by atoms with Gasteiger partial charge in [-0.25, -0.2) is 14.6 Å². The number of fused-ring (bicyclic) bond motifs is 1. The number of aromatic nitrogens is 2. The van der Waals surface area contributed by atoms with Crippen molar-refractivity contribution in [1.82, 2.24) is 14.3 Å². The molecule has 4 rings (SSSR count). The second-order valence-electron chi connectivity index (χ2n) is 12.2. The smallest absolute Gasteiger partial charge is 0.355 e. The first kappa shape index (κ1) is 36.5. The maximum absolute atomic E-state index is 13.7. The Bertz CT molecular complexity index is 1610. The number of allylic oxidation sites excluding steroid dienone is 2. The molecule has 12 nitrogen and oxygen atoms in total. The summed E-state index contributed by atoms with van der Waals surface area (Å²) in [4.78, 5) is 64.8. The molecule has 1 unspecified atom stereocenters. The van der Waals surface area contributed by atoms with Crippen LogP contribution in [0.1, 0.15) is 57.4 Å². The molecule has 0 N–H and O–H groups in total. The van der Waals surface area contributed by atoms with Crippen molar-refractivity contribution in [3.05, 3.63) is 64.1 Å². The number of Topliss-reactive ketones (excluding diaryl/α,β-unsaturated/α-hetero) is 1. The molecule has 252 valence electrons. The lowest BCUT2D eigenvalue weighted by Crippen LogP contribution is -2.62. The number of β-lactam (4-membered cyclic amide) rings is 1. The molecule has 2 atom stereocenters. The molecule has 0 radical (unpaired) electrons. The Labute approximate surface area is 295 Å². The van der Waals surface area contributed by atoms with E-state index in [-0.39, 0.29) is 36.2 Å². The summed E-state index contributed by atoms with van der Waals surface area (Å²) in [6.45, 7) is 9.88. The summed E-state index contributed by atoms with van der Waals surface area (Å²) in [5.41, 5.74) is -0.895. The van der Waals surface area contributed by atoms with Crippen molar-refractivity contribution in [2.24, 2.45) is 11.1 Å². The number of rotatable bonds is 13. The van der Waals surface area contributed by atoms with E-state index >= 15 is 0 Å². The van der Waals surface area contributed by atoms with Crippen LogP contribution in [0.3, 0.4) is 0 Å². The van der Waals surface area contributed by atoms with E-state index in [0.29, 0.717) is 26.5 Å². The zero-order chi connectivity index (χ0) is 34.5. The van der Waals surface area contributed by atoms with Gasteiger partial charge < -0.3 is 19.0 Å². The summed E-state index contributed by atoms with van der Waals surface area (Å²) >= 11 is 4.74. The number of methoxy groups -OCH3 is 1. The maximum atomic E-state index is 13.7. The van der Waals surface area contributed by atoms with Gasteiger partial charge in [-0.2, -0.15) is 4.37 Å². The Morgan fingerprint density at radius 3 is 2.45 bits per heavy atom. The van der Waals surface area contributed by atoms with E-state index in [1.54, 1.807) is 59.1 Å². The molecule has 2 aromatic rings. The number of oxime groups is 1. The van der Waals surface area contributed by atoms with Gasteiger partial charge in [-0.3, -0.25) is 14.5 Å². The Balaban J connectivity index is 1.53. The highest BCUT2D eigenvalue weighted by Crippen LogP contribution is 2.46. The van der Waals surface area contributed by atoms with E-state index in [9.17, 15) is 19.2 Å². The Morgan fingerprint density at radius 1 is 1.15 bits per heavy atom. The number of aryl methyl sites for hydroxylation is 1. The van der Waals surface area contributed by atoms with Crippen LogP contribution in [0.25, 0.3) is 0 Å². The molecule has 2 aliphatic rings. The summed E-state index contributed by atoms with van der Waals surface area (Å²) in [5.74, 6) is -1.80. The number of carbonyl (C=O) groups is 4. The first-order valence-electron chi connectivity index (χ1n) is 14.7. The SMILES string of the molecule is COc1ccc(COC(=O)C2=C(/C=C/CI)CSC3[C@H](CC(=O)/C(=N\OC(C)(C)C(=O)OC(C)(C)C)c4nsc(C)n4)C(=O)N23)cc1. The predicted octanol–water partition coefficient (Wildman–Crippen LogP) is 5.18. The van der Waals surface area contributed by atoms with Crippen LogP contribution < -0.4 is 4.74 Å². The maximum Gasteiger partial charge on any atom is 0.355 e. The summed E-state index contributed by atoms with van der Waals surface area (Å²) in [5, 5.41) is 4.16. The lowest BCUT2D eigenvalue weighted by atomic mass is 9.89. The third-order valence-corrected chi connectivity index (χ3v) is 9.39. The summed E-state index contributed by atoms with van der Waals surface area (Å²) < 4.78 is 21.2. The molecule has 2 aliphatic heterocycles. The van der Waals surface area contributed by atoms with E-state index in [2.05, 4.69) is 37.1 Å². The summed E-state index contributed by atoms with van der Waals surface area (Å²) in [7, 11) is 1.57. The zero-order valence-corrected chi connectivity index (χ0v) is 31.0.